The van der Waals surface area contributed by atoms with Crippen LogP contribution < -0.4 is 5.32 Å². The van der Waals surface area contributed by atoms with Crippen LogP contribution in [0.15, 0.2) is 0 Å². The molecule has 0 radical (unpaired) electrons. The highest BCUT2D eigenvalue weighted by atomic mass is 32.2. The van der Waals surface area contributed by atoms with Crippen LogP contribution in [0.1, 0.15) is 0 Å². The SMILES string of the molecule is CS(=O)(=O)N1CCNCC1OC(=O)C(F)(F)F. The van der Waals surface area contributed by atoms with E-state index in [0.29, 0.717) is 4.31 Å². The van der Waals surface area contributed by atoms with Gasteiger partial charge in [0.15, 0.2) is 6.23 Å². The summed E-state index contributed by atoms with van der Waals surface area (Å²) in [6.07, 6.45) is -5.76. The number of hydrogen-bond donors (Lipinski definition) is 1. The average Bonchev–Trinajstić information content (AvgIpc) is 2.15. The lowest BCUT2D eigenvalue weighted by molar-refractivity contribution is -0.210. The minimum absolute atomic E-state index is 0.0470. The number of sulfonamides is 1. The standard InChI is InChI=1S/C7H11F3N2O4S/c1-17(14,15)12-3-2-11-4-5(12)16-6(13)7(8,9)10/h5,11H,2-4H2,1H3. The number of carbonyl (C=O) groups is 1. The van der Waals surface area contributed by atoms with Gasteiger partial charge in [0, 0.05) is 19.6 Å². The van der Waals surface area contributed by atoms with Crippen molar-refractivity contribution in [2.24, 2.45) is 0 Å². The third-order valence-electron chi connectivity index (χ3n) is 2.05. The number of ether oxygens (including phenoxy) is 1. The van der Waals surface area contributed by atoms with Crippen molar-refractivity contribution < 1.29 is 31.1 Å². The summed E-state index contributed by atoms with van der Waals surface area (Å²) < 4.78 is 63.2. The number of hydrogen-bond acceptors (Lipinski definition) is 5. The number of nitrogens with zero attached hydrogens (tertiary/aromatic N) is 1. The molecular weight excluding hydrogens is 265 g/mol. The summed E-state index contributed by atoms with van der Waals surface area (Å²) in [6.45, 7) is 0.0661. The van der Waals surface area contributed by atoms with E-state index in [4.69, 9.17) is 0 Å². The van der Waals surface area contributed by atoms with Crippen LogP contribution in [0.25, 0.3) is 0 Å². The molecule has 0 spiro atoms. The Kier molecular flexibility index (Phi) is 3.99. The number of piperazine rings is 1. The Balaban J connectivity index is 2.77. The summed E-state index contributed by atoms with van der Waals surface area (Å²) in [6, 6.07) is 0. The normalized spacial score (nSPS) is 23.4. The molecule has 1 unspecified atom stereocenters. The Morgan fingerprint density at radius 3 is 2.53 bits per heavy atom. The molecule has 0 aromatic rings. The Hall–Kier alpha value is -0.870. The van der Waals surface area contributed by atoms with Gasteiger partial charge >= 0.3 is 12.1 Å². The molecule has 1 atom stereocenters. The van der Waals surface area contributed by atoms with Gasteiger partial charge in [0.1, 0.15) is 0 Å². The van der Waals surface area contributed by atoms with E-state index < -0.39 is 28.4 Å². The lowest BCUT2D eigenvalue weighted by Crippen LogP contribution is -2.55. The van der Waals surface area contributed by atoms with Crippen LogP contribution in [0.3, 0.4) is 0 Å². The van der Waals surface area contributed by atoms with E-state index >= 15 is 0 Å². The molecular formula is C7H11F3N2O4S. The van der Waals surface area contributed by atoms with Crippen LogP contribution in [0.2, 0.25) is 0 Å². The van der Waals surface area contributed by atoms with Crippen LogP contribution in [0.5, 0.6) is 0 Å². The molecule has 1 aliphatic heterocycles. The van der Waals surface area contributed by atoms with Crippen molar-refractivity contribution in [1.82, 2.24) is 9.62 Å². The highest BCUT2D eigenvalue weighted by molar-refractivity contribution is 7.88. The second-order valence-corrected chi connectivity index (χ2v) is 5.37. The van der Waals surface area contributed by atoms with Crippen molar-refractivity contribution in [3.63, 3.8) is 0 Å². The van der Waals surface area contributed by atoms with Crippen molar-refractivity contribution in [2.75, 3.05) is 25.9 Å². The minimum Gasteiger partial charge on any atom is -0.437 e. The first-order valence-electron chi connectivity index (χ1n) is 4.57. The molecule has 1 saturated heterocycles. The van der Waals surface area contributed by atoms with Crippen molar-refractivity contribution >= 4 is 16.0 Å². The summed E-state index contributed by atoms with van der Waals surface area (Å²) in [7, 11) is -3.72. The van der Waals surface area contributed by atoms with Crippen molar-refractivity contribution in [3.8, 4) is 0 Å². The van der Waals surface area contributed by atoms with Gasteiger partial charge in [-0.1, -0.05) is 0 Å². The first-order chi connectivity index (χ1) is 7.62. The van der Waals surface area contributed by atoms with E-state index in [-0.39, 0.29) is 19.6 Å². The number of nitrogens with one attached hydrogen (secondary N) is 1. The first kappa shape index (κ1) is 14.2. The van der Waals surface area contributed by atoms with Gasteiger partial charge in [0.05, 0.1) is 6.26 Å². The number of esters is 1. The lowest BCUT2D eigenvalue weighted by Gasteiger charge is -2.33. The monoisotopic (exact) mass is 276 g/mol. The van der Waals surface area contributed by atoms with E-state index in [9.17, 15) is 26.4 Å². The number of carbonyl (C=O) groups excluding carboxylic acids is 1. The molecule has 6 nitrogen and oxygen atoms in total. The maximum absolute atomic E-state index is 12.0. The molecule has 0 aromatic carbocycles. The van der Waals surface area contributed by atoms with Crippen molar-refractivity contribution in [3.05, 3.63) is 0 Å². The van der Waals surface area contributed by atoms with Crippen LogP contribution in [0.4, 0.5) is 13.2 Å². The second kappa shape index (κ2) is 4.78. The van der Waals surface area contributed by atoms with E-state index in [1.54, 1.807) is 0 Å². The molecule has 17 heavy (non-hydrogen) atoms. The summed E-state index contributed by atoms with van der Waals surface area (Å²) in [5.41, 5.74) is 0. The van der Waals surface area contributed by atoms with Gasteiger partial charge in [-0.05, 0) is 0 Å². The Bertz CT molecular complexity index is 394. The van der Waals surface area contributed by atoms with E-state index in [2.05, 4.69) is 10.1 Å². The fourth-order valence-electron chi connectivity index (χ4n) is 1.33. The molecule has 100 valence electrons. The number of alkyl halides is 3. The Morgan fingerprint density at radius 2 is 2.06 bits per heavy atom. The fourth-order valence-corrected chi connectivity index (χ4v) is 2.30. The third kappa shape index (κ3) is 3.82. The molecule has 0 aromatic heterocycles. The molecule has 1 heterocycles. The highest BCUT2D eigenvalue weighted by Crippen LogP contribution is 2.19. The molecule has 1 fully saturated rings. The molecule has 0 bridgehead atoms. The van der Waals surface area contributed by atoms with Gasteiger partial charge in [-0.15, -0.1) is 0 Å². The highest BCUT2D eigenvalue weighted by Gasteiger charge is 2.44. The van der Waals surface area contributed by atoms with Crippen molar-refractivity contribution in [2.45, 2.75) is 12.4 Å². The first-order valence-corrected chi connectivity index (χ1v) is 6.42. The van der Waals surface area contributed by atoms with Gasteiger partial charge in [0.25, 0.3) is 0 Å². The summed E-state index contributed by atoms with van der Waals surface area (Å²) in [5.74, 6) is -2.40. The van der Waals surface area contributed by atoms with Crippen LogP contribution >= 0.6 is 0 Å². The Morgan fingerprint density at radius 1 is 1.47 bits per heavy atom. The third-order valence-corrected chi connectivity index (χ3v) is 3.32. The van der Waals surface area contributed by atoms with Gasteiger partial charge in [-0.25, -0.2) is 13.2 Å². The van der Waals surface area contributed by atoms with Crippen LogP contribution in [-0.4, -0.2) is 57.0 Å². The van der Waals surface area contributed by atoms with E-state index in [0.717, 1.165) is 6.26 Å². The molecule has 10 heteroatoms. The largest absolute Gasteiger partial charge is 0.490 e. The summed E-state index contributed by atoms with van der Waals surface area (Å²) in [5, 5.41) is 2.64. The zero-order chi connectivity index (χ0) is 13.3. The van der Waals surface area contributed by atoms with E-state index in [1.165, 1.54) is 0 Å². The molecule has 0 amide bonds. The topological polar surface area (TPSA) is 75.7 Å². The molecule has 0 aliphatic carbocycles. The maximum atomic E-state index is 12.0. The van der Waals surface area contributed by atoms with Crippen LogP contribution in [0, 0.1) is 0 Å². The fraction of sp³-hybridized carbons (Fsp3) is 0.857. The lowest BCUT2D eigenvalue weighted by atomic mass is 10.4. The minimum atomic E-state index is -5.14. The second-order valence-electron chi connectivity index (χ2n) is 3.44. The molecule has 1 N–H and O–H groups in total. The quantitative estimate of drug-likeness (QED) is 0.674. The zero-order valence-corrected chi connectivity index (χ0v) is 9.64. The van der Waals surface area contributed by atoms with Crippen LogP contribution in [-0.2, 0) is 19.6 Å². The smallest absolute Gasteiger partial charge is 0.437 e. The predicted octanol–water partition coefficient (Wildman–Crippen LogP) is -0.717. The molecule has 1 aliphatic rings. The zero-order valence-electron chi connectivity index (χ0n) is 8.82. The van der Waals surface area contributed by atoms with Gasteiger partial charge < -0.3 is 10.1 Å². The summed E-state index contributed by atoms with van der Waals surface area (Å²) in [4.78, 5) is 10.6. The maximum Gasteiger partial charge on any atom is 0.490 e. The number of halogens is 3. The molecule has 0 saturated carbocycles. The van der Waals surface area contributed by atoms with Crippen molar-refractivity contribution in [1.29, 1.82) is 0 Å². The average molecular weight is 276 g/mol. The van der Waals surface area contributed by atoms with Gasteiger partial charge in [0.2, 0.25) is 10.0 Å². The summed E-state index contributed by atoms with van der Waals surface area (Å²) >= 11 is 0. The predicted molar refractivity (Wildman–Crippen MR) is 50.4 cm³/mol. The molecule has 1 rings (SSSR count). The van der Waals surface area contributed by atoms with Gasteiger partial charge in [-0.3, -0.25) is 0 Å². The van der Waals surface area contributed by atoms with Gasteiger partial charge in [-0.2, -0.15) is 17.5 Å². The number of rotatable bonds is 2. The Labute approximate surface area is 95.8 Å². The van der Waals surface area contributed by atoms with E-state index in [1.807, 2.05) is 0 Å².